The van der Waals surface area contributed by atoms with Gasteiger partial charge in [-0.25, -0.2) is 9.67 Å². The van der Waals surface area contributed by atoms with Gasteiger partial charge in [0.1, 0.15) is 0 Å². The van der Waals surface area contributed by atoms with Gasteiger partial charge >= 0.3 is 0 Å². The van der Waals surface area contributed by atoms with Gasteiger partial charge in [0.05, 0.1) is 23.7 Å². The summed E-state index contributed by atoms with van der Waals surface area (Å²) in [5.74, 6) is -0.0167. The first kappa shape index (κ1) is 20.0. The Hall–Kier alpha value is -3.25. The van der Waals surface area contributed by atoms with E-state index < -0.39 is 0 Å². The molecule has 6 heteroatoms. The van der Waals surface area contributed by atoms with E-state index in [1.807, 2.05) is 46.8 Å². The van der Waals surface area contributed by atoms with Crippen molar-refractivity contribution in [1.82, 2.24) is 19.7 Å². The van der Waals surface area contributed by atoms with Crippen LogP contribution in [0.25, 0.3) is 11.0 Å². The van der Waals surface area contributed by atoms with Crippen molar-refractivity contribution in [2.45, 2.75) is 19.9 Å². The number of aromatic nitrogens is 3. The van der Waals surface area contributed by atoms with Crippen LogP contribution in [0.15, 0.2) is 72.8 Å². The number of hydrogen-bond donors (Lipinski definition) is 0. The van der Waals surface area contributed by atoms with Gasteiger partial charge in [0.15, 0.2) is 5.65 Å². The van der Waals surface area contributed by atoms with E-state index in [9.17, 15) is 4.79 Å². The molecule has 0 aliphatic rings. The van der Waals surface area contributed by atoms with E-state index >= 15 is 0 Å². The highest BCUT2D eigenvalue weighted by Gasteiger charge is 2.20. The van der Waals surface area contributed by atoms with Gasteiger partial charge < -0.3 is 4.90 Å². The fourth-order valence-corrected chi connectivity index (χ4v) is 4.21. The Morgan fingerprint density at radius 2 is 2.07 bits per heavy atom. The van der Waals surface area contributed by atoms with Gasteiger partial charge in [-0.1, -0.05) is 42.5 Å². The molecule has 0 radical (unpaired) electrons. The molecule has 5 nitrogen and oxygen atoms in total. The lowest BCUT2D eigenvalue weighted by Gasteiger charge is -2.22. The fourth-order valence-electron chi connectivity index (χ4n) is 3.53. The van der Waals surface area contributed by atoms with Crippen molar-refractivity contribution in [3.63, 3.8) is 0 Å². The highest BCUT2D eigenvalue weighted by molar-refractivity contribution is 7.09. The van der Waals surface area contributed by atoms with Crippen LogP contribution in [0.2, 0.25) is 0 Å². The summed E-state index contributed by atoms with van der Waals surface area (Å²) in [7, 11) is 0. The van der Waals surface area contributed by atoms with Gasteiger partial charge in [-0.05, 0) is 36.4 Å². The summed E-state index contributed by atoms with van der Waals surface area (Å²) in [5, 5.41) is 7.36. The molecule has 1 aromatic carbocycles. The number of pyridine rings is 1. The number of amides is 1. The van der Waals surface area contributed by atoms with Crippen LogP contribution in [-0.4, -0.2) is 38.7 Å². The number of benzene rings is 1. The first-order valence-electron chi connectivity index (χ1n) is 9.95. The molecule has 1 amide bonds. The van der Waals surface area contributed by atoms with Gasteiger partial charge in [0.25, 0.3) is 5.91 Å². The van der Waals surface area contributed by atoms with Crippen LogP contribution in [-0.2, 0) is 13.0 Å². The maximum absolute atomic E-state index is 13.5. The second kappa shape index (κ2) is 9.05. The molecule has 30 heavy (non-hydrogen) atoms. The average molecular weight is 417 g/mol. The van der Waals surface area contributed by atoms with Crippen molar-refractivity contribution >= 4 is 28.3 Å². The van der Waals surface area contributed by atoms with Crippen LogP contribution in [0, 0.1) is 6.92 Å². The van der Waals surface area contributed by atoms with Crippen LogP contribution >= 0.6 is 11.3 Å². The lowest BCUT2D eigenvalue weighted by atomic mass is 10.1. The largest absolute Gasteiger partial charge is 0.335 e. The summed E-state index contributed by atoms with van der Waals surface area (Å²) in [6, 6.07) is 16.2. The van der Waals surface area contributed by atoms with E-state index in [1.165, 1.54) is 10.4 Å². The topological polar surface area (TPSA) is 51.0 Å². The number of hydrogen-bond acceptors (Lipinski definition) is 4. The minimum Gasteiger partial charge on any atom is -0.335 e. The molecule has 0 N–H and O–H groups in total. The van der Waals surface area contributed by atoms with E-state index in [2.05, 4.69) is 40.2 Å². The average Bonchev–Trinajstić information content (AvgIpc) is 3.41. The minimum absolute atomic E-state index is 0.0167. The van der Waals surface area contributed by atoms with Crippen molar-refractivity contribution in [3.8, 4) is 0 Å². The van der Waals surface area contributed by atoms with Crippen LogP contribution in [0.5, 0.6) is 0 Å². The maximum atomic E-state index is 13.5. The number of carbonyl (C=O) groups excluding carboxylic acids is 1. The smallest absolute Gasteiger partial charge is 0.255 e. The zero-order valence-electron chi connectivity index (χ0n) is 17.0. The second-order valence-electron chi connectivity index (χ2n) is 7.21. The third kappa shape index (κ3) is 4.33. The molecule has 0 aliphatic heterocycles. The predicted octanol–water partition coefficient (Wildman–Crippen LogP) is 4.72. The van der Waals surface area contributed by atoms with Crippen LogP contribution < -0.4 is 0 Å². The molecular formula is C24H24N4OS. The van der Waals surface area contributed by atoms with Crippen molar-refractivity contribution in [1.29, 1.82) is 0 Å². The first-order chi connectivity index (χ1) is 14.7. The van der Waals surface area contributed by atoms with Crippen molar-refractivity contribution in [2.24, 2.45) is 0 Å². The van der Waals surface area contributed by atoms with E-state index in [4.69, 9.17) is 0 Å². The van der Waals surface area contributed by atoms with Crippen LogP contribution in [0.4, 0.5) is 0 Å². The summed E-state index contributed by atoms with van der Waals surface area (Å²) in [4.78, 5) is 21.2. The fraction of sp³-hybridized carbons (Fsp3) is 0.208. The second-order valence-corrected chi connectivity index (χ2v) is 8.24. The summed E-state index contributed by atoms with van der Waals surface area (Å²) < 4.78 is 1.87. The molecule has 3 aromatic heterocycles. The van der Waals surface area contributed by atoms with Crippen LogP contribution in [0.1, 0.15) is 26.5 Å². The Labute approximate surface area is 180 Å². The highest BCUT2D eigenvalue weighted by Crippen LogP contribution is 2.22. The Morgan fingerprint density at radius 1 is 1.23 bits per heavy atom. The van der Waals surface area contributed by atoms with E-state index in [0.29, 0.717) is 25.2 Å². The summed E-state index contributed by atoms with van der Waals surface area (Å²) in [6.07, 6.45) is 4.32. The zero-order chi connectivity index (χ0) is 20.9. The van der Waals surface area contributed by atoms with Crippen molar-refractivity contribution in [3.05, 3.63) is 94.5 Å². The van der Waals surface area contributed by atoms with Gasteiger partial charge in [-0.3, -0.25) is 4.79 Å². The van der Waals surface area contributed by atoms with Gasteiger partial charge in [-0.2, -0.15) is 5.10 Å². The van der Waals surface area contributed by atoms with Gasteiger partial charge in [0, 0.05) is 23.7 Å². The van der Waals surface area contributed by atoms with Crippen molar-refractivity contribution in [2.75, 3.05) is 13.1 Å². The molecule has 0 unspecified atom stereocenters. The van der Waals surface area contributed by atoms with E-state index in [1.54, 1.807) is 23.6 Å². The molecule has 4 rings (SSSR count). The Morgan fingerprint density at radius 3 is 2.80 bits per heavy atom. The Bertz CT molecular complexity index is 1150. The Kier molecular flexibility index (Phi) is 6.05. The number of rotatable bonds is 8. The monoisotopic (exact) mass is 416 g/mol. The molecule has 0 aliphatic carbocycles. The molecule has 0 fully saturated rings. The maximum Gasteiger partial charge on any atom is 0.255 e. The van der Waals surface area contributed by atoms with E-state index in [0.717, 1.165) is 23.1 Å². The van der Waals surface area contributed by atoms with E-state index in [-0.39, 0.29) is 5.91 Å². The summed E-state index contributed by atoms with van der Waals surface area (Å²) >= 11 is 1.69. The normalized spacial score (nSPS) is 11.0. The zero-order valence-corrected chi connectivity index (χ0v) is 17.8. The quantitative estimate of drug-likeness (QED) is 0.391. The standard InChI is InChI=1S/C24H24N4OS/c1-3-12-27(13-11-19-8-5-4-6-9-19)24(29)21-15-18(2)26-23-22(21)16-25-28(23)17-20-10-7-14-30-20/h3-10,14-16H,1,11-13,17H2,2H3. The molecule has 4 aromatic rings. The van der Waals surface area contributed by atoms with Crippen LogP contribution in [0.3, 0.4) is 0 Å². The number of carbonyl (C=O) groups is 1. The molecular weight excluding hydrogens is 392 g/mol. The minimum atomic E-state index is -0.0167. The third-order valence-electron chi connectivity index (χ3n) is 5.00. The summed E-state index contributed by atoms with van der Waals surface area (Å²) in [6.45, 7) is 7.53. The number of nitrogens with zero attached hydrogens (tertiary/aromatic N) is 4. The SMILES string of the molecule is C=CCN(CCc1ccccc1)C(=O)c1cc(C)nc2c1cnn2Cc1cccs1. The number of aryl methyl sites for hydroxylation is 1. The molecule has 0 atom stereocenters. The highest BCUT2D eigenvalue weighted by atomic mass is 32.1. The van der Waals surface area contributed by atoms with Crippen molar-refractivity contribution < 1.29 is 4.79 Å². The summed E-state index contributed by atoms with van der Waals surface area (Å²) in [5.41, 5.74) is 3.40. The molecule has 0 spiro atoms. The Balaban J connectivity index is 1.63. The molecule has 152 valence electrons. The number of fused-ring (bicyclic) bond motifs is 1. The number of thiophene rings is 1. The van der Waals surface area contributed by atoms with Gasteiger partial charge in [0.2, 0.25) is 0 Å². The molecule has 0 bridgehead atoms. The third-order valence-corrected chi connectivity index (χ3v) is 5.86. The predicted molar refractivity (Wildman–Crippen MR) is 122 cm³/mol. The lowest BCUT2D eigenvalue weighted by molar-refractivity contribution is 0.0777. The molecule has 3 heterocycles. The molecule has 0 saturated carbocycles. The first-order valence-corrected chi connectivity index (χ1v) is 10.8. The lowest BCUT2D eigenvalue weighted by Crippen LogP contribution is -2.33. The molecule has 0 saturated heterocycles. The van der Waals surface area contributed by atoms with Gasteiger partial charge in [-0.15, -0.1) is 17.9 Å².